The molecular formula is C10H6Cl2F3NO4S2. The summed E-state index contributed by atoms with van der Waals surface area (Å²) in [5, 5.41) is 8.26. The standard InChI is InChI=1S/C9H5Cl2NOS.CHF3O3S/c10-6-3-1-2-5(8(6)11)7-4-14-9(12)13-7;2-1(3,4)8(5,6)7/h1-4,12H;(H,5,6,7). The van der Waals surface area contributed by atoms with Crippen LogP contribution in [0.1, 0.15) is 0 Å². The summed E-state index contributed by atoms with van der Waals surface area (Å²) in [6.07, 6.45) is 0. The molecule has 0 saturated carbocycles. The lowest BCUT2D eigenvalue weighted by Gasteiger charge is -2.08. The van der Waals surface area contributed by atoms with Crippen LogP contribution in [0.4, 0.5) is 13.2 Å². The summed E-state index contributed by atoms with van der Waals surface area (Å²) in [4.78, 5) is 0.399. The quantitative estimate of drug-likeness (QED) is 0.589. The molecule has 2 N–H and O–H groups in total. The molecule has 122 valence electrons. The van der Waals surface area contributed by atoms with Crippen molar-refractivity contribution in [3.63, 3.8) is 0 Å². The molecule has 0 radical (unpaired) electrons. The van der Waals surface area contributed by atoms with Crippen LogP contribution in [0, 0.1) is 0 Å². The van der Waals surface area contributed by atoms with E-state index in [4.69, 9.17) is 46.0 Å². The number of hydrogen-bond donors (Lipinski definition) is 1. The Labute approximate surface area is 136 Å². The van der Waals surface area contributed by atoms with E-state index in [0.29, 0.717) is 20.7 Å². The maximum atomic E-state index is 10.7. The first kappa shape index (κ1) is 19.0. The van der Waals surface area contributed by atoms with Crippen LogP contribution in [0.2, 0.25) is 10.0 Å². The molecule has 0 atom stereocenters. The van der Waals surface area contributed by atoms with Gasteiger partial charge in [0.2, 0.25) is 0 Å². The van der Waals surface area contributed by atoms with Crippen molar-refractivity contribution in [1.29, 1.82) is 0 Å². The molecular weight excluding hydrogens is 390 g/mol. The highest BCUT2D eigenvalue weighted by atomic mass is 35.5. The first-order valence-corrected chi connectivity index (χ1v) is 8.11. The van der Waals surface area contributed by atoms with Gasteiger partial charge >= 0.3 is 10.4 Å². The van der Waals surface area contributed by atoms with E-state index in [1.54, 1.807) is 11.4 Å². The van der Waals surface area contributed by atoms with Crippen molar-refractivity contribution in [3.05, 3.63) is 38.5 Å². The van der Waals surface area contributed by atoms with Crippen LogP contribution >= 0.6 is 34.5 Å². The first-order valence-electron chi connectivity index (χ1n) is 5.07. The van der Waals surface area contributed by atoms with Gasteiger partial charge in [-0.3, -0.25) is 0 Å². The van der Waals surface area contributed by atoms with Gasteiger partial charge in [0.05, 0.1) is 10.0 Å². The smallest absolute Gasteiger partial charge is 0.485 e. The molecule has 12 heteroatoms. The van der Waals surface area contributed by atoms with Crippen molar-refractivity contribution in [1.82, 2.24) is 0 Å². The SMILES string of the molecule is O=S(=O)([O-])C(F)(F)F.[NH2+]=c1oc(-c2cccc(Cl)c2Cl)cs1. The Hall–Kier alpha value is -1.07. The lowest BCUT2D eigenvalue weighted by Crippen LogP contribution is -2.41. The Morgan fingerprint density at radius 2 is 1.82 bits per heavy atom. The van der Waals surface area contributed by atoms with Gasteiger partial charge in [-0.25, -0.2) is 13.8 Å². The number of rotatable bonds is 1. The molecule has 1 heterocycles. The maximum absolute atomic E-state index is 10.7. The second kappa shape index (κ2) is 7.01. The van der Waals surface area contributed by atoms with E-state index in [0.717, 1.165) is 5.56 Å². The lowest BCUT2D eigenvalue weighted by molar-refractivity contribution is -0.190. The summed E-state index contributed by atoms with van der Waals surface area (Å²) in [7, 11) is -6.09. The zero-order valence-electron chi connectivity index (χ0n) is 10.2. The highest BCUT2D eigenvalue weighted by molar-refractivity contribution is 7.86. The van der Waals surface area contributed by atoms with Crippen LogP contribution in [0.3, 0.4) is 0 Å². The van der Waals surface area contributed by atoms with Crippen LogP contribution in [0.5, 0.6) is 0 Å². The highest BCUT2D eigenvalue weighted by Crippen LogP contribution is 2.33. The van der Waals surface area contributed by atoms with Gasteiger partial charge in [0.25, 0.3) is 0 Å². The summed E-state index contributed by atoms with van der Waals surface area (Å²) in [5.74, 6) is 0.639. The Kier molecular flexibility index (Phi) is 6.04. The summed E-state index contributed by atoms with van der Waals surface area (Å²) in [5.41, 5.74) is -4.89. The molecule has 0 saturated heterocycles. The number of alkyl halides is 3. The van der Waals surface area contributed by atoms with Gasteiger partial charge in [-0.2, -0.15) is 13.2 Å². The predicted molar refractivity (Wildman–Crippen MR) is 72.9 cm³/mol. The Morgan fingerprint density at radius 1 is 1.27 bits per heavy atom. The van der Waals surface area contributed by atoms with E-state index in [1.807, 2.05) is 12.1 Å². The lowest BCUT2D eigenvalue weighted by atomic mass is 10.2. The van der Waals surface area contributed by atoms with Crippen LogP contribution in [0.25, 0.3) is 11.3 Å². The summed E-state index contributed by atoms with van der Waals surface area (Å²) >= 11 is 13.2. The van der Waals surface area contributed by atoms with Crippen molar-refractivity contribution >= 4 is 44.7 Å². The average Bonchev–Trinajstić information content (AvgIpc) is 2.77. The van der Waals surface area contributed by atoms with Crippen LogP contribution < -0.4 is 10.3 Å². The molecule has 22 heavy (non-hydrogen) atoms. The van der Waals surface area contributed by atoms with E-state index in [2.05, 4.69) is 0 Å². The van der Waals surface area contributed by atoms with E-state index < -0.39 is 15.6 Å². The van der Waals surface area contributed by atoms with Crippen LogP contribution in [0.15, 0.2) is 28.0 Å². The molecule has 0 spiro atoms. The largest absolute Gasteiger partial charge is 0.741 e. The Balaban J connectivity index is 0.000000261. The second-order valence-corrected chi connectivity index (χ2v) is 6.55. The van der Waals surface area contributed by atoms with Gasteiger partial charge in [0.1, 0.15) is 0 Å². The fourth-order valence-corrected chi connectivity index (χ4v) is 2.01. The highest BCUT2D eigenvalue weighted by Gasteiger charge is 2.36. The Morgan fingerprint density at radius 3 is 2.23 bits per heavy atom. The van der Waals surface area contributed by atoms with Gasteiger partial charge in [0, 0.05) is 10.9 Å². The molecule has 0 aliphatic carbocycles. The third-order valence-electron chi connectivity index (χ3n) is 1.99. The maximum Gasteiger partial charge on any atom is 0.485 e. The fourth-order valence-electron chi connectivity index (χ4n) is 1.08. The molecule has 5 nitrogen and oxygen atoms in total. The minimum Gasteiger partial charge on any atom is -0.741 e. The topological polar surface area (TPSA) is 95.9 Å². The average molecular weight is 396 g/mol. The van der Waals surface area contributed by atoms with Crippen molar-refractivity contribution in [2.45, 2.75) is 5.51 Å². The molecule has 2 aromatic rings. The van der Waals surface area contributed by atoms with Gasteiger partial charge in [-0.15, -0.1) is 0 Å². The molecule has 0 aliphatic rings. The molecule has 1 aromatic carbocycles. The molecule has 1 aromatic heterocycles. The third kappa shape index (κ3) is 4.99. The number of benzene rings is 1. The van der Waals surface area contributed by atoms with Gasteiger partial charge < -0.3 is 8.97 Å². The van der Waals surface area contributed by atoms with Crippen molar-refractivity contribution in [3.8, 4) is 11.3 Å². The van der Waals surface area contributed by atoms with Gasteiger partial charge in [-0.05, 0) is 23.5 Å². The minimum absolute atomic E-state index is 0.399. The normalized spacial score (nSPS) is 11.7. The van der Waals surface area contributed by atoms with Gasteiger partial charge in [-0.1, -0.05) is 29.3 Å². The van der Waals surface area contributed by atoms with E-state index >= 15 is 0 Å². The Bertz CT molecular complexity index is 814. The second-order valence-electron chi connectivity index (χ2n) is 3.52. The number of nitrogens with two attached hydrogens (primary N) is 1. The molecule has 0 fully saturated rings. The monoisotopic (exact) mass is 395 g/mol. The van der Waals surface area contributed by atoms with E-state index in [1.165, 1.54) is 11.3 Å². The van der Waals surface area contributed by atoms with E-state index in [9.17, 15) is 13.2 Å². The number of hydrogen-bond acceptors (Lipinski definition) is 5. The summed E-state index contributed by atoms with van der Waals surface area (Å²) in [6.45, 7) is 0. The minimum atomic E-state index is -6.09. The van der Waals surface area contributed by atoms with Gasteiger partial charge in [0.15, 0.2) is 15.9 Å². The fraction of sp³-hybridized carbons (Fsp3) is 0.100. The summed E-state index contributed by atoms with van der Waals surface area (Å²) in [6, 6.07) is 5.37. The van der Waals surface area contributed by atoms with Crippen molar-refractivity contribution < 1.29 is 36.0 Å². The third-order valence-corrected chi connectivity index (χ3v) is 4.03. The van der Waals surface area contributed by atoms with Crippen molar-refractivity contribution in [2.24, 2.45) is 0 Å². The molecule has 0 unspecified atom stereocenters. The molecule has 0 bridgehead atoms. The zero-order chi connectivity index (χ0) is 17.1. The zero-order valence-corrected chi connectivity index (χ0v) is 13.4. The van der Waals surface area contributed by atoms with E-state index in [-0.39, 0.29) is 0 Å². The van der Waals surface area contributed by atoms with Crippen LogP contribution in [-0.4, -0.2) is 18.5 Å². The van der Waals surface area contributed by atoms with Crippen molar-refractivity contribution in [2.75, 3.05) is 0 Å². The van der Waals surface area contributed by atoms with Crippen LogP contribution in [-0.2, 0) is 10.1 Å². The molecule has 0 amide bonds. The predicted octanol–water partition coefficient (Wildman–Crippen LogP) is 2.03. The number of halogens is 5. The molecule has 0 aliphatic heterocycles. The molecule has 2 rings (SSSR count). The summed E-state index contributed by atoms with van der Waals surface area (Å²) < 4.78 is 64.2. The first-order chi connectivity index (χ1) is 9.93.